The summed E-state index contributed by atoms with van der Waals surface area (Å²) >= 11 is 0. The van der Waals surface area contributed by atoms with E-state index >= 15 is 0 Å². The smallest absolute Gasteiger partial charge is 0.191 e. The Hall–Kier alpha value is -2.27. The normalized spacial score (nSPS) is 15.9. The van der Waals surface area contributed by atoms with Crippen LogP contribution in [0.3, 0.4) is 0 Å². The molecule has 27 heavy (non-hydrogen) atoms. The van der Waals surface area contributed by atoms with Gasteiger partial charge in [0.25, 0.3) is 0 Å². The first-order valence-electron chi connectivity index (χ1n) is 9.99. The average Bonchev–Trinajstić information content (AvgIpc) is 3.19. The summed E-state index contributed by atoms with van der Waals surface area (Å²) in [7, 11) is 3.97. The molecule has 0 atom stereocenters. The van der Waals surface area contributed by atoms with Crippen LogP contribution in [0.15, 0.2) is 52.1 Å². The zero-order valence-electron chi connectivity index (χ0n) is 16.6. The highest BCUT2D eigenvalue weighted by atomic mass is 16.3. The predicted octanol–water partition coefficient (Wildman–Crippen LogP) is 3.91. The lowest BCUT2D eigenvalue weighted by molar-refractivity contribution is 0.287. The van der Waals surface area contributed by atoms with Gasteiger partial charge < -0.3 is 15.1 Å². The summed E-state index contributed by atoms with van der Waals surface area (Å²) in [5, 5.41) is 7.08. The molecule has 2 aromatic rings. The van der Waals surface area contributed by atoms with E-state index in [1.807, 2.05) is 19.2 Å². The average molecular weight is 369 g/mol. The van der Waals surface area contributed by atoms with Gasteiger partial charge in [-0.15, -0.1) is 0 Å². The molecule has 0 bridgehead atoms. The highest BCUT2D eigenvalue weighted by Gasteiger charge is 2.14. The van der Waals surface area contributed by atoms with Crippen LogP contribution in [0, 0.1) is 0 Å². The van der Waals surface area contributed by atoms with Gasteiger partial charge in [-0.25, -0.2) is 0 Å². The molecule has 1 aromatic heterocycles. The lowest BCUT2D eigenvalue weighted by Crippen LogP contribution is -2.43. The molecule has 1 aromatic carbocycles. The molecular formula is C22H32N4O. The number of hydrogen-bond donors (Lipinski definition) is 2. The quantitative estimate of drug-likeness (QED) is 0.575. The fourth-order valence-electron chi connectivity index (χ4n) is 3.71. The maximum absolute atomic E-state index is 5.46. The van der Waals surface area contributed by atoms with E-state index in [0.717, 1.165) is 31.4 Å². The van der Waals surface area contributed by atoms with Crippen LogP contribution in [0.2, 0.25) is 0 Å². The Bertz CT molecular complexity index is 705. The van der Waals surface area contributed by atoms with E-state index in [4.69, 9.17) is 4.42 Å². The van der Waals surface area contributed by atoms with Gasteiger partial charge in [0, 0.05) is 26.2 Å². The first kappa shape index (κ1) is 19.5. The third-order valence-electron chi connectivity index (χ3n) is 5.18. The topological polar surface area (TPSA) is 52.8 Å². The number of benzene rings is 1. The van der Waals surface area contributed by atoms with Gasteiger partial charge in [0.1, 0.15) is 5.76 Å². The second kappa shape index (κ2) is 10.2. The van der Waals surface area contributed by atoms with Crippen LogP contribution in [0.1, 0.15) is 49.0 Å². The van der Waals surface area contributed by atoms with Crippen molar-refractivity contribution >= 4 is 5.96 Å². The van der Waals surface area contributed by atoms with Crippen molar-refractivity contribution in [2.45, 2.75) is 57.8 Å². The Morgan fingerprint density at radius 1 is 1.07 bits per heavy atom. The molecule has 0 radical (unpaired) electrons. The van der Waals surface area contributed by atoms with Crippen LogP contribution in [-0.4, -0.2) is 31.0 Å². The first-order chi connectivity index (χ1) is 13.2. The molecule has 0 aliphatic heterocycles. The number of guanidine groups is 1. The van der Waals surface area contributed by atoms with E-state index in [1.54, 1.807) is 6.26 Å². The van der Waals surface area contributed by atoms with Crippen molar-refractivity contribution in [3.05, 3.63) is 59.5 Å². The molecule has 0 unspecified atom stereocenters. The minimum absolute atomic E-state index is 0.555. The Kier molecular flexibility index (Phi) is 7.34. The molecule has 0 saturated heterocycles. The first-order valence-corrected chi connectivity index (χ1v) is 9.99. The number of aliphatic imine (C=N–C) groups is 1. The van der Waals surface area contributed by atoms with Gasteiger partial charge in [-0.2, -0.15) is 0 Å². The number of nitrogens with zero attached hydrogens (tertiary/aromatic N) is 2. The molecule has 3 rings (SSSR count). The predicted molar refractivity (Wildman–Crippen MR) is 111 cm³/mol. The van der Waals surface area contributed by atoms with Crippen LogP contribution in [-0.2, 0) is 19.6 Å². The lowest BCUT2D eigenvalue weighted by Gasteiger charge is -2.25. The minimum atomic E-state index is 0.555. The summed E-state index contributed by atoms with van der Waals surface area (Å²) in [4.78, 5) is 6.68. The van der Waals surface area contributed by atoms with Crippen molar-refractivity contribution in [2.24, 2.45) is 4.99 Å². The van der Waals surface area contributed by atoms with E-state index in [0.29, 0.717) is 6.04 Å². The van der Waals surface area contributed by atoms with Crippen molar-refractivity contribution in [1.29, 1.82) is 0 Å². The van der Waals surface area contributed by atoms with Crippen LogP contribution < -0.4 is 10.6 Å². The molecule has 0 spiro atoms. The molecule has 2 N–H and O–H groups in total. The van der Waals surface area contributed by atoms with E-state index in [2.05, 4.69) is 51.8 Å². The van der Waals surface area contributed by atoms with Crippen LogP contribution in [0.5, 0.6) is 0 Å². The maximum Gasteiger partial charge on any atom is 0.191 e. The summed E-state index contributed by atoms with van der Waals surface area (Å²) < 4.78 is 5.46. The number of hydrogen-bond acceptors (Lipinski definition) is 3. The zero-order valence-corrected chi connectivity index (χ0v) is 16.6. The summed E-state index contributed by atoms with van der Waals surface area (Å²) in [5.41, 5.74) is 2.63. The van der Waals surface area contributed by atoms with Crippen molar-refractivity contribution in [3.8, 4) is 0 Å². The summed E-state index contributed by atoms with van der Waals surface area (Å²) in [6, 6.07) is 13.1. The highest BCUT2D eigenvalue weighted by molar-refractivity contribution is 5.80. The molecule has 0 amide bonds. The largest absolute Gasteiger partial charge is 0.468 e. The van der Waals surface area contributed by atoms with Crippen molar-refractivity contribution in [2.75, 3.05) is 14.1 Å². The van der Waals surface area contributed by atoms with Gasteiger partial charge in [0.05, 0.1) is 12.8 Å². The Morgan fingerprint density at radius 3 is 2.56 bits per heavy atom. The van der Waals surface area contributed by atoms with Crippen molar-refractivity contribution in [3.63, 3.8) is 0 Å². The number of rotatable bonds is 7. The van der Waals surface area contributed by atoms with Gasteiger partial charge in [-0.3, -0.25) is 9.89 Å². The third kappa shape index (κ3) is 6.14. The van der Waals surface area contributed by atoms with E-state index in [1.165, 1.54) is 43.2 Å². The standard InChI is InChI=1S/C22H32N4O/c1-23-22(25-20-11-4-3-5-12-20)24-15-18-9-6-7-10-19(18)16-26(2)17-21-13-8-14-27-21/h6-10,13-14,20H,3-5,11-12,15-17H2,1-2H3,(H2,23,24,25). The maximum atomic E-state index is 5.46. The molecule has 1 aliphatic rings. The molecular weight excluding hydrogens is 336 g/mol. The fourth-order valence-corrected chi connectivity index (χ4v) is 3.71. The Balaban J connectivity index is 1.54. The van der Waals surface area contributed by atoms with Crippen molar-refractivity contribution in [1.82, 2.24) is 15.5 Å². The molecule has 5 heteroatoms. The number of nitrogens with one attached hydrogen (secondary N) is 2. The highest BCUT2D eigenvalue weighted by Crippen LogP contribution is 2.17. The van der Waals surface area contributed by atoms with Gasteiger partial charge in [-0.1, -0.05) is 43.5 Å². The Labute approximate surface area is 162 Å². The van der Waals surface area contributed by atoms with Gasteiger partial charge in [0.15, 0.2) is 5.96 Å². The van der Waals surface area contributed by atoms with Gasteiger partial charge in [0.2, 0.25) is 0 Å². The second-order valence-electron chi connectivity index (χ2n) is 7.43. The van der Waals surface area contributed by atoms with E-state index in [9.17, 15) is 0 Å². The molecule has 146 valence electrons. The van der Waals surface area contributed by atoms with Crippen molar-refractivity contribution < 1.29 is 4.42 Å². The molecule has 1 aliphatic carbocycles. The van der Waals surface area contributed by atoms with Crippen LogP contribution in [0.25, 0.3) is 0 Å². The van der Waals surface area contributed by atoms with Gasteiger partial charge >= 0.3 is 0 Å². The minimum Gasteiger partial charge on any atom is -0.468 e. The van der Waals surface area contributed by atoms with E-state index < -0.39 is 0 Å². The van der Waals surface area contributed by atoms with E-state index in [-0.39, 0.29) is 0 Å². The molecule has 5 nitrogen and oxygen atoms in total. The second-order valence-corrected chi connectivity index (χ2v) is 7.43. The fraction of sp³-hybridized carbons (Fsp3) is 0.500. The summed E-state index contributed by atoms with van der Waals surface area (Å²) in [5.74, 6) is 1.89. The summed E-state index contributed by atoms with van der Waals surface area (Å²) in [6.45, 7) is 2.46. The SMILES string of the molecule is CN=C(NCc1ccccc1CN(C)Cc1ccco1)NC1CCCCC1. The lowest BCUT2D eigenvalue weighted by atomic mass is 9.96. The number of furan rings is 1. The Morgan fingerprint density at radius 2 is 1.85 bits per heavy atom. The molecule has 1 saturated carbocycles. The third-order valence-corrected chi connectivity index (χ3v) is 5.18. The van der Waals surface area contributed by atoms with Gasteiger partial charge in [-0.05, 0) is 43.1 Å². The van der Waals surface area contributed by atoms with Crippen LogP contribution in [0.4, 0.5) is 0 Å². The molecule has 1 fully saturated rings. The summed E-state index contributed by atoms with van der Waals surface area (Å²) in [6.07, 6.45) is 8.22. The van der Waals surface area contributed by atoms with Crippen LogP contribution >= 0.6 is 0 Å². The monoisotopic (exact) mass is 368 g/mol. The molecule has 1 heterocycles. The zero-order chi connectivity index (χ0) is 18.9.